The van der Waals surface area contributed by atoms with E-state index in [-0.39, 0.29) is 18.1 Å². The van der Waals surface area contributed by atoms with Gasteiger partial charge in [-0.3, -0.25) is 4.98 Å². The number of ether oxygens (including phenoxy) is 1. The summed E-state index contributed by atoms with van der Waals surface area (Å²) in [5.41, 5.74) is 3.25. The number of nitrogens with one attached hydrogen (secondary N) is 1. The van der Waals surface area contributed by atoms with Crippen LogP contribution in [0.25, 0.3) is 5.69 Å². The molecule has 3 aromatic rings. The monoisotopic (exact) mass is 406 g/mol. The molecule has 29 heavy (non-hydrogen) atoms. The topological polar surface area (TPSA) is 42.3 Å². The highest BCUT2D eigenvalue weighted by molar-refractivity contribution is 7.80. The maximum Gasteiger partial charge on any atom is 0.170 e. The van der Waals surface area contributed by atoms with Crippen molar-refractivity contribution in [3.8, 4) is 11.4 Å². The second kappa shape index (κ2) is 8.25. The van der Waals surface area contributed by atoms with Gasteiger partial charge in [0.25, 0.3) is 0 Å². The standard InChI is InChI=1S/C23H26N4OS/c1-4-28-18-12-10-17(11-13-18)26-15-7-9-20(26)22-21(19-8-5-6-14-24-19)25-23(29)27(22)16(2)3/h5-16,21-22H,4H2,1-3H3,(H,25,29)/t21-,22-/m1/s1. The van der Waals surface area contributed by atoms with E-state index < -0.39 is 0 Å². The smallest absolute Gasteiger partial charge is 0.170 e. The Bertz CT molecular complexity index is 968. The van der Waals surface area contributed by atoms with Gasteiger partial charge in [0.15, 0.2) is 5.11 Å². The lowest BCUT2D eigenvalue weighted by atomic mass is 10.0. The molecule has 1 aromatic carbocycles. The first-order valence-electron chi connectivity index (χ1n) is 10.0. The van der Waals surface area contributed by atoms with Crippen molar-refractivity contribution in [3.63, 3.8) is 0 Å². The summed E-state index contributed by atoms with van der Waals surface area (Å²) < 4.78 is 7.82. The fraction of sp³-hybridized carbons (Fsp3) is 0.304. The van der Waals surface area contributed by atoms with Crippen LogP contribution in [0.4, 0.5) is 0 Å². The second-order valence-electron chi connectivity index (χ2n) is 7.36. The van der Waals surface area contributed by atoms with E-state index in [1.165, 1.54) is 5.69 Å². The van der Waals surface area contributed by atoms with Gasteiger partial charge < -0.3 is 19.5 Å². The van der Waals surface area contributed by atoms with Crippen molar-refractivity contribution < 1.29 is 4.74 Å². The van der Waals surface area contributed by atoms with Crippen molar-refractivity contribution in [1.29, 1.82) is 0 Å². The highest BCUT2D eigenvalue weighted by Crippen LogP contribution is 2.40. The third kappa shape index (κ3) is 3.72. The molecule has 1 N–H and O–H groups in total. The molecule has 1 saturated heterocycles. The first kappa shape index (κ1) is 19.5. The summed E-state index contributed by atoms with van der Waals surface area (Å²) in [6.45, 7) is 7.00. The number of hydrogen-bond donors (Lipinski definition) is 1. The first-order chi connectivity index (χ1) is 14.1. The molecule has 1 aliphatic heterocycles. The van der Waals surface area contributed by atoms with Gasteiger partial charge in [0.1, 0.15) is 5.75 Å². The summed E-state index contributed by atoms with van der Waals surface area (Å²) >= 11 is 5.71. The van der Waals surface area contributed by atoms with Crippen molar-refractivity contribution >= 4 is 17.3 Å². The zero-order chi connectivity index (χ0) is 20.4. The zero-order valence-corrected chi connectivity index (χ0v) is 17.8. The van der Waals surface area contributed by atoms with Crippen LogP contribution in [0, 0.1) is 0 Å². The highest BCUT2D eigenvalue weighted by Gasteiger charge is 2.42. The average molecular weight is 407 g/mol. The predicted molar refractivity (Wildman–Crippen MR) is 119 cm³/mol. The molecule has 2 aromatic heterocycles. The van der Waals surface area contributed by atoms with Crippen molar-refractivity contribution in [2.24, 2.45) is 0 Å². The second-order valence-corrected chi connectivity index (χ2v) is 7.74. The number of benzene rings is 1. The van der Waals surface area contributed by atoms with Crippen molar-refractivity contribution in [3.05, 3.63) is 78.4 Å². The number of aromatic nitrogens is 2. The molecule has 1 aliphatic rings. The molecule has 0 radical (unpaired) electrons. The molecule has 1 fully saturated rings. The van der Waals surface area contributed by atoms with E-state index >= 15 is 0 Å². The predicted octanol–water partition coefficient (Wildman–Crippen LogP) is 4.65. The number of pyridine rings is 1. The minimum absolute atomic E-state index is 0.0116. The number of hydrogen-bond acceptors (Lipinski definition) is 3. The lowest BCUT2D eigenvalue weighted by Crippen LogP contribution is -2.36. The number of rotatable bonds is 6. The maximum absolute atomic E-state index is 5.71. The Kier molecular flexibility index (Phi) is 5.53. The molecule has 0 spiro atoms. The Morgan fingerprint density at radius 1 is 1.10 bits per heavy atom. The normalized spacial score (nSPS) is 18.9. The molecular weight excluding hydrogens is 380 g/mol. The van der Waals surface area contributed by atoms with Crippen molar-refractivity contribution in [2.75, 3.05) is 6.61 Å². The van der Waals surface area contributed by atoms with Crippen LogP contribution in [-0.2, 0) is 0 Å². The van der Waals surface area contributed by atoms with Crippen LogP contribution in [0.15, 0.2) is 67.0 Å². The van der Waals surface area contributed by atoms with Crippen LogP contribution in [0.1, 0.15) is 44.2 Å². The third-order valence-electron chi connectivity index (χ3n) is 5.20. The van der Waals surface area contributed by atoms with Crippen LogP contribution >= 0.6 is 12.2 Å². The van der Waals surface area contributed by atoms with Crippen LogP contribution in [0.3, 0.4) is 0 Å². The average Bonchev–Trinajstić information content (AvgIpc) is 3.33. The van der Waals surface area contributed by atoms with Crippen LogP contribution < -0.4 is 10.1 Å². The molecule has 3 heterocycles. The van der Waals surface area contributed by atoms with Gasteiger partial charge in [0.05, 0.1) is 24.4 Å². The molecule has 4 rings (SSSR count). The van der Waals surface area contributed by atoms with E-state index in [4.69, 9.17) is 17.0 Å². The Morgan fingerprint density at radius 2 is 1.90 bits per heavy atom. The lowest BCUT2D eigenvalue weighted by molar-refractivity contribution is 0.262. The number of nitrogens with zero attached hydrogens (tertiary/aromatic N) is 3. The highest BCUT2D eigenvalue weighted by atomic mass is 32.1. The maximum atomic E-state index is 5.71. The summed E-state index contributed by atoms with van der Waals surface area (Å²) in [4.78, 5) is 6.88. The third-order valence-corrected chi connectivity index (χ3v) is 5.53. The molecule has 0 unspecified atom stereocenters. The van der Waals surface area contributed by atoms with E-state index in [0.717, 1.165) is 22.2 Å². The van der Waals surface area contributed by atoms with E-state index in [1.807, 2.05) is 37.4 Å². The molecule has 5 nitrogen and oxygen atoms in total. The SMILES string of the molecule is CCOc1ccc(-n2cccc2[C@@H]2[C@@H](c3ccccn3)NC(=S)N2C(C)C)cc1. The van der Waals surface area contributed by atoms with Gasteiger partial charge in [-0.25, -0.2) is 0 Å². The zero-order valence-electron chi connectivity index (χ0n) is 16.9. The summed E-state index contributed by atoms with van der Waals surface area (Å²) in [6.07, 6.45) is 3.93. The largest absolute Gasteiger partial charge is 0.494 e. The van der Waals surface area contributed by atoms with Gasteiger partial charge in [-0.1, -0.05) is 6.07 Å². The van der Waals surface area contributed by atoms with Crippen LogP contribution in [0.5, 0.6) is 5.75 Å². The molecule has 150 valence electrons. The quantitative estimate of drug-likeness (QED) is 0.604. The lowest BCUT2D eigenvalue weighted by Gasteiger charge is -2.31. The van der Waals surface area contributed by atoms with Gasteiger partial charge in [0.2, 0.25) is 0 Å². The summed E-state index contributed by atoms with van der Waals surface area (Å²) in [5, 5.41) is 4.27. The van der Waals surface area contributed by atoms with E-state index in [9.17, 15) is 0 Å². The van der Waals surface area contributed by atoms with Gasteiger partial charge in [-0.2, -0.15) is 0 Å². The fourth-order valence-electron chi connectivity index (χ4n) is 3.98. The molecule has 6 heteroatoms. The number of thiocarbonyl (C=S) groups is 1. The Balaban J connectivity index is 1.77. The molecule has 0 saturated carbocycles. The Morgan fingerprint density at radius 3 is 2.55 bits per heavy atom. The molecule has 2 atom stereocenters. The van der Waals surface area contributed by atoms with Gasteiger partial charge in [-0.15, -0.1) is 0 Å². The van der Waals surface area contributed by atoms with E-state index in [1.54, 1.807) is 0 Å². The minimum Gasteiger partial charge on any atom is -0.494 e. The van der Waals surface area contributed by atoms with Crippen molar-refractivity contribution in [2.45, 2.75) is 38.9 Å². The fourth-order valence-corrected chi connectivity index (χ4v) is 4.43. The first-order valence-corrected chi connectivity index (χ1v) is 10.4. The Labute approximate surface area is 177 Å². The Hall–Kier alpha value is -2.86. The molecule has 0 bridgehead atoms. The minimum atomic E-state index is -0.0116. The molecule has 0 amide bonds. The summed E-state index contributed by atoms with van der Waals surface area (Å²) in [6, 6.07) is 18.8. The molecule has 0 aliphatic carbocycles. The van der Waals surface area contributed by atoms with E-state index in [0.29, 0.717) is 6.61 Å². The van der Waals surface area contributed by atoms with Crippen LogP contribution in [-0.4, -0.2) is 32.2 Å². The molecular formula is C23H26N4OS. The summed E-state index contributed by atoms with van der Waals surface area (Å²) in [7, 11) is 0. The van der Waals surface area contributed by atoms with Crippen LogP contribution in [0.2, 0.25) is 0 Å². The van der Waals surface area contributed by atoms with Gasteiger partial charge in [-0.05, 0) is 81.5 Å². The van der Waals surface area contributed by atoms with E-state index in [2.05, 4.69) is 70.1 Å². The van der Waals surface area contributed by atoms with Gasteiger partial charge >= 0.3 is 0 Å². The van der Waals surface area contributed by atoms with Crippen molar-refractivity contribution in [1.82, 2.24) is 19.8 Å². The summed E-state index contributed by atoms with van der Waals surface area (Å²) in [5.74, 6) is 0.879. The van der Waals surface area contributed by atoms with Gasteiger partial charge in [0, 0.05) is 29.8 Å².